The van der Waals surface area contributed by atoms with Crippen LogP contribution < -0.4 is 0 Å². The molecule has 0 heterocycles. The second-order valence-corrected chi connectivity index (χ2v) is 8.40. The quantitative estimate of drug-likeness (QED) is 0.723. The Kier molecular flexibility index (Phi) is 6.15. The number of carbonyl (C=O) groups is 3. The van der Waals surface area contributed by atoms with E-state index < -0.39 is 29.7 Å². The minimum atomic E-state index is -0.906. The Balaban J connectivity index is 1.75. The van der Waals surface area contributed by atoms with Gasteiger partial charge < -0.3 is 10.2 Å². The number of carboxylic acids is 2. The molecule has 0 aromatic heterocycles. The molecule has 5 unspecified atom stereocenters. The number of ketones is 1. The van der Waals surface area contributed by atoms with Gasteiger partial charge in [0.05, 0.1) is 11.8 Å². The highest BCUT2D eigenvalue weighted by Crippen LogP contribution is 2.50. The number of carboxylic acid groups (broad SMARTS) is 2. The van der Waals surface area contributed by atoms with Crippen LogP contribution in [0.2, 0.25) is 0 Å². The lowest BCUT2D eigenvalue weighted by Gasteiger charge is -2.46. The van der Waals surface area contributed by atoms with Crippen molar-refractivity contribution in [3.63, 3.8) is 0 Å². The van der Waals surface area contributed by atoms with Gasteiger partial charge in [-0.15, -0.1) is 0 Å². The number of rotatable bonds is 5. The fraction of sp³-hybridized carbons (Fsp3) is 0.762. The first-order valence-corrected chi connectivity index (χ1v) is 10.2. The minimum absolute atomic E-state index is 0.0838. The molecule has 3 rings (SSSR count). The van der Waals surface area contributed by atoms with Gasteiger partial charge in [0.1, 0.15) is 0 Å². The molecule has 0 aromatic carbocycles. The van der Waals surface area contributed by atoms with Gasteiger partial charge in [0.15, 0.2) is 5.78 Å². The van der Waals surface area contributed by atoms with E-state index in [0.29, 0.717) is 25.2 Å². The van der Waals surface area contributed by atoms with Crippen LogP contribution in [-0.2, 0) is 14.4 Å². The number of allylic oxidation sites excluding steroid dienone is 2. The van der Waals surface area contributed by atoms with E-state index >= 15 is 0 Å². The number of carbonyl (C=O) groups excluding carboxylic acids is 1. The van der Waals surface area contributed by atoms with Crippen LogP contribution in [0.25, 0.3) is 0 Å². The molecule has 3 saturated carbocycles. The SMILES string of the molecule is O=C(/C=C/C1CCCCC1)C1CCC(C(=O)O)C2C(C(=O)O)CCCC12. The predicted molar refractivity (Wildman–Crippen MR) is 96.5 cm³/mol. The molecule has 3 fully saturated rings. The first kappa shape index (κ1) is 19.1. The third kappa shape index (κ3) is 4.02. The summed E-state index contributed by atoms with van der Waals surface area (Å²) in [6.45, 7) is 0. The van der Waals surface area contributed by atoms with Crippen LogP contribution in [0.4, 0.5) is 0 Å². The van der Waals surface area contributed by atoms with Crippen molar-refractivity contribution in [1.29, 1.82) is 0 Å². The molecule has 5 atom stereocenters. The third-order valence-electron chi connectivity index (χ3n) is 6.96. The standard InChI is InChI=1S/C21H30O5/c22-18(12-9-13-5-2-1-3-6-13)14-10-11-17(21(25)26)19-15(14)7-4-8-16(19)20(23)24/h9,12-17,19H,1-8,10-11H2,(H,23,24)(H,25,26)/b12-9+. The molecule has 26 heavy (non-hydrogen) atoms. The van der Waals surface area contributed by atoms with Gasteiger partial charge in [-0.1, -0.05) is 31.8 Å². The number of hydrogen-bond acceptors (Lipinski definition) is 3. The van der Waals surface area contributed by atoms with Crippen molar-refractivity contribution in [2.45, 2.75) is 64.2 Å². The molecule has 0 saturated heterocycles. The van der Waals surface area contributed by atoms with E-state index in [2.05, 4.69) is 6.08 Å². The van der Waals surface area contributed by atoms with E-state index in [4.69, 9.17) is 0 Å². The summed E-state index contributed by atoms with van der Waals surface area (Å²) in [6.07, 6.45) is 12.8. The maximum absolute atomic E-state index is 12.9. The fourth-order valence-corrected chi connectivity index (χ4v) is 5.68. The lowest BCUT2D eigenvalue weighted by molar-refractivity contribution is -0.159. The van der Waals surface area contributed by atoms with E-state index in [1.807, 2.05) is 0 Å². The van der Waals surface area contributed by atoms with E-state index in [9.17, 15) is 24.6 Å². The van der Waals surface area contributed by atoms with Crippen molar-refractivity contribution < 1.29 is 24.6 Å². The fourth-order valence-electron chi connectivity index (χ4n) is 5.68. The Morgan fingerprint density at radius 1 is 0.692 bits per heavy atom. The Morgan fingerprint density at radius 3 is 1.96 bits per heavy atom. The molecule has 0 bridgehead atoms. The van der Waals surface area contributed by atoms with Crippen molar-refractivity contribution in [2.24, 2.45) is 35.5 Å². The average Bonchev–Trinajstić information content (AvgIpc) is 2.65. The molecule has 5 heteroatoms. The van der Waals surface area contributed by atoms with Gasteiger partial charge in [-0.2, -0.15) is 0 Å². The summed E-state index contributed by atoms with van der Waals surface area (Å²) in [4.78, 5) is 36.3. The lowest BCUT2D eigenvalue weighted by Crippen LogP contribution is -2.48. The predicted octanol–water partition coefficient (Wildman–Crippen LogP) is 3.92. The molecular formula is C21H30O5. The van der Waals surface area contributed by atoms with Crippen LogP contribution in [0.3, 0.4) is 0 Å². The van der Waals surface area contributed by atoms with Crippen LogP contribution in [-0.4, -0.2) is 27.9 Å². The normalized spacial score (nSPS) is 35.8. The maximum atomic E-state index is 12.9. The van der Waals surface area contributed by atoms with Crippen LogP contribution in [0.15, 0.2) is 12.2 Å². The first-order chi connectivity index (χ1) is 12.5. The van der Waals surface area contributed by atoms with E-state index in [1.54, 1.807) is 6.08 Å². The zero-order valence-electron chi connectivity index (χ0n) is 15.3. The van der Waals surface area contributed by atoms with Crippen molar-refractivity contribution in [2.75, 3.05) is 0 Å². The highest BCUT2D eigenvalue weighted by Gasteiger charge is 2.51. The topological polar surface area (TPSA) is 91.7 Å². The van der Waals surface area contributed by atoms with Gasteiger partial charge in [-0.3, -0.25) is 14.4 Å². The summed E-state index contributed by atoms with van der Waals surface area (Å²) in [5, 5.41) is 19.2. The van der Waals surface area contributed by atoms with E-state index in [0.717, 1.165) is 25.7 Å². The van der Waals surface area contributed by atoms with Gasteiger partial charge in [0.25, 0.3) is 0 Å². The van der Waals surface area contributed by atoms with E-state index in [-0.39, 0.29) is 17.6 Å². The van der Waals surface area contributed by atoms with Crippen molar-refractivity contribution >= 4 is 17.7 Å². The summed E-state index contributed by atoms with van der Waals surface area (Å²) >= 11 is 0. The average molecular weight is 362 g/mol. The smallest absolute Gasteiger partial charge is 0.306 e. The maximum Gasteiger partial charge on any atom is 0.306 e. The van der Waals surface area contributed by atoms with Gasteiger partial charge in [-0.05, 0) is 62.4 Å². The van der Waals surface area contributed by atoms with Crippen LogP contribution in [0.5, 0.6) is 0 Å². The second-order valence-electron chi connectivity index (χ2n) is 8.40. The van der Waals surface area contributed by atoms with Gasteiger partial charge in [0, 0.05) is 5.92 Å². The molecule has 2 N–H and O–H groups in total. The minimum Gasteiger partial charge on any atom is -0.481 e. The van der Waals surface area contributed by atoms with Gasteiger partial charge >= 0.3 is 11.9 Å². The largest absolute Gasteiger partial charge is 0.481 e. The Bertz CT molecular complexity index is 559. The molecule has 0 aliphatic heterocycles. The second kappa shape index (κ2) is 8.36. The first-order valence-electron chi connectivity index (χ1n) is 10.2. The summed E-state index contributed by atoms with van der Waals surface area (Å²) in [5.41, 5.74) is 0. The van der Waals surface area contributed by atoms with Crippen molar-refractivity contribution in [1.82, 2.24) is 0 Å². The molecule has 0 amide bonds. The van der Waals surface area contributed by atoms with Crippen LogP contribution in [0, 0.1) is 35.5 Å². The molecule has 144 valence electrons. The third-order valence-corrected chi connectivity index (χ3v) is 6.96. The monoisotopic (exact) mass is 362 g/mol. The Morgan fingerprint density at radius 2 is 1.31 bits per heavy atom. The molecule has 3 aliphatic carbocycles. The Hall–Kier alpha value is -1.65. The van der Waals surface area contributed by atoms with Crippen LogP contribution in [0.1, 0.15) is 64.2 Å². The summed E-state index contributed by atoms with van der Waals surface area (Å²) in [7, 11) is 0. The lowest BCUT2D eigenvalue weighted by atomic mass is 9.56. The van der Waals surface area contributed by atoms with Crippen molar-refractivity contribution in [3.8, 4) is 0 Å². The summed E-state index contributed by atoms with van der Waals surface area (Å²) in [5.74, 6) is -3.24. The summed E-state index contributed by atoms with van der Waals surface area (Å²) in [6, 6.07) is 0. The van der Waals surface area contributed by atoms with Crippen molar-refractivity contribution in [3.05, 3.63) is 12.2 Å². The summed E-state index contributed by atoms with van der Waals surface area (Å²) < 4.78 is 0. The van der Waals surface area contributed by atoms with Gasteiger partial charge in [0.2, 0.25) is 0 Å². The Labute approximate surface area is 154 Å². The number of aliphatic carboxylic acids is 2. The highest BCUT2D eigenvalue weighted by atomic mass is 16.4. The molecule has 5 nitrogen and oxygen atoms in total. The molecule has 0 spiro atoms. The molecule has 3 aliphatic rings. The van der Waals surface area contributed by atoms with E-state index in [1.165, 1.54) is 19.3 Å². The van der Waals surface area contributed by atoms with Crippen LogP contribution >= 0.6 is 0 Å². The number of fused-ring (bicyclic) bond motifs is 1. The van der Waals surface area contributed by atoms with Gasteiger partial charge in [-0.25, -0.2) is 0 Å². The zero-order chi connectivity index (χ0) is 18.7. The molecule has 0 radical (unpaired) electrons. The number of hydrogen-bond donors (Lipinski definition) is 2. The zero-order valence-corrected chi connectivity index (χ0v) is 15.3. The molecular weight excluding hydrogens is 332 g/mol. The molecule has 0 aromatic rings. The highest BCUT2D eigenvalue weighted by molar-refractivity contribution is 5.92.